The number of aromatic hydroxyl groups is 1. The van der Waals surface area contributed by atoms with E-state index in [0.29, 0.717) is 46.1 Å². The smallest absolute Gasteiger partial charge is 0.233 e. The van der Waals surface area contributed by atoms with Crippen LogP contribution in [0.4, 0.5) is 0 Å². The van der Waals surface area contributed by atoms with Gasteiger partial charge in [0.1, 0.15) is 0 Å². The van der Waals surface area contributed by atoms with Crippen LogP contribution in [0.5, 0.6) is 11.5 Å². The van der Waals surface area contributed by atoms with Gasteiger partial charge in [0, 0.05) is 39.2 Å². The predicted octanol–water partition coefficient (Wildman–Crippen LogP) is 4.00. The van der Waals surface area contributed by atoms with E-state index in [0.717, 1.165) is 5.57 Å². The minimum atomic E-state index is -0.723. The molecule has 3 aliphatic carbocycles. The second-order valence-electron chi connectivity index (χ2n) is 9.60. The zero-order valence-electron chi connectivity index (χ0n) is 19.8. The molecular formula is C27H26BrNO6. The Bertz CT molecular complexity index is 1290. The van der Waals surface area contributed by atoms with Gasteiger partial charge < -0.3 is 9.84 Å². The Hall–Kier alpha value is -3.00. The van der Waals surface area contributed by atoms with Crippen molar-refractivity contribution in [2.45, 2.75) is 39.0 Å². The average Bonchev–Trinajstić information content (AvgIpc) is 3.07. The van der Waals surface area contributed by atoms with E-state index in [2.05, 4.69) is 15.9 Å². The molecule has 5 rings (SSSR count). The Kier molecular flexibility index (Phi) is 5.82. The second kappa shape index (κ2) is 8.59. The Balaban J connectivity index is 1.72. The number of allylic oxidation sites excluding steroid dienone is 6. The molecule has 35 heavy (non-hydrogen) atoms. The summed E-state index contributed by atoms with van der Waals surface area (Å²) in [7, 11) is 1.44. The van der Waals surface area contributed by atoms with Crippen molar-refractivity contribution in [2.24, 2.45) is 17.8 Å². The Morgan fingerprint density at radius 3 is 2.57 bits per heavy atom. The van der Waals surface area contributed by atoms with Crippen LogP contribution in [0.3, 0.4) is 0 Å². The number of ether oxygens (including phenoxy) is 1. The van der Waals surface area contributed by atoms with Crippen LogP contribution in [0.1, 0.15) is 44.6 Å². The first kappa shape index (κ1) is 23.7. The van der Waals surface area contributed by atoms with Gasteiger partial charge in [0.2, 0.25) is 11.8 Å². The molecule has 1 heterocycles. The van der Waals surface area contributed by atoms with Crippen LogP contribution in [-0.2, 0) is 19.2 Å². The van der Waals surface area contributed by atoms with Gasteiger partial charge >= 0.3 is 0 Å². The number of likely N-dealkylation sites (tertiary alicyclic amines) is 1. The first-order valence-corrected chi connectivity index (χ1v) is 12.6. The highest BCUT2D eigenvalue weighted by Crippen LogP contribution is 2.57. The van der Waals surface area contributed by atoms with Crippen LogP contribution in [0.2, 0.25) is 0 Å². The topological polar surface area (TPSA) is 101 Å². The third-order valence-electron chi connectivity index (χ3n) is 7.70. The fourth-order valence-corrected chi connectivity index (χ4v) is 6.65. The van der Waals surface area contributed by atoms with Crippen LogP contribution < -0.4 is 4.74 Å². The number of halogens is 1. The van der Waals surface area contributed by atoms with Crippen molar-refractivity contribution in [3.8, 4) is 11.5 Å². The minimum Gasteiger partial charge on any atom is -0.504 e. The zero-order valence-corrected chi connectivity index (χ0v) is 21.3. The van der Waals surface area contributed by atoms with E-state index in [4.69, 9.17) is 4.74 Å². The number of Topliss-reactive ketones (excluding diaryl/α,β-unsaturated/α-hetero) is 1. The highest BCUT2D eigenvalue weighted by atomic mass is 79.9. The first-order valence-electron chi connectivity index (χ1n) is 11.8. The molecule has 0 radical (unpaired) electrons. The number of nitrogens with zero attached hydrogens (tertiary/aromatic N) is 1. The van der Waals surface area contributed by atoms with Gasteiger partial charge in [-0.25, -0.2) is 0 Å². The summed E-state index contributed by atoms with van der Waals surface area (Å²) < 4.78 is 6.00. The van der Waals surface area contributed by atoms with Crippen molar-refractivity contribution in [1.82, 2.24) is 4.90 Å². The number of methoxy groups -OCH3 is 1. The molecule has 2 amide bonds. The van der Waals surface area contributed by atoms with Gasteiger partial charge in [0.25, 0.3) is 0 Å². The fraction of sp³-hybridized carbons (Fsp3) is 0.407. The second-order valence-corrected chi connectivity index (χ2v) is 10.5. The molecule has 7 nitrogen and oxygen atoms in total. The first-order chi connectivity index (χ1) is 16.7. The lowest BCUT2D eigenvalue weighted by Crippen LogP contribution is -2.40. The number of phenols is 1. The summed E-state index contributed by atoms with van der Waals surface area (Å²) in [5, 5.41) is 11.1. The third kappa shape index (κ3) is 3.44. The summed E-state index contributed by atoms with van der Waals surface area (Å²) in [6.45, 7) is 3.90. The number of phenolic OH excluding ortho intramolecular Hbond substituents is 1. The SMILES string of the molecule is CCCN1C(=O)[C@H]2[C@H](CC=C3[C@H](c4cc(Br)cc(OC)c4O)C4=C(C[C@H]32)C(=O)C=C(C)C4=O)C1=O. The van der Waals surface area contributed by atoms with Crippen LogP contribution >= 0.6 is 15.9 Å². The number of hydrogen-bond donors (Lipinski definition) is 1. The number of fused-ring (bicyclic) bond motifs is 3. The number of carbonyl (C=O) groups is 4. The van der Waals surface area contributed by atoms with Gasteiger partial charge in [0.05, 0.1) is 18.9 Å². The Morgan fingerprint density at radius 2 is 1.89 bits per heavy atom. The van der Waals surface area contributed by atoms with Gasteiger partial charge in [-0.05, 0) is 50.3 Å². The summed E-state index contributed by atoms with van der Waals surface area (Å²) in [6.07, 6.45) is 4.56. The minimum absolute atomic E-state index is 0.120. The van der Waals surface area contributed by atoms with Crippen molar-refractivity contribution >= 4 is 39.3 Å². The molecular weight excluding hydrogens is 514 g/mol. The normalized spacial score (nSPS) is 27.9. The molecule has 0 aromatic heterocycles. The summed E-state index contributed by atoms with van der Waals surface area (Å²) in [4.78, 5) is 54.4. The number of carbonyl (C=O) groups excluding carboxylic acids is 4. The number of amides is 2. The highest BCUT2D eigenvalue weighted by molar-refractivity contribution is 9.10. The maximum absolute atomic E-state index is 13.4. The highest BCUT2D eigenvalue weighted by Gasteiger charge is 2.56. The average molecular weight is 540 g/mol. The van der Waals surface area contributed by atoms with E-state index < -0.39 is 23.7 Å². The number of hydrogen-bond acceptors (Lipinski definition) is 6. The molecule has 1 aromatic rings. The Labute approximate surface area is 211 Å². The third-order valence-corrected chi connectivity index (χ3v) is 8.16. The van der Waals surface area contributed by atoms with Gasteiger partial charge in [-0.3, -0.25) is 24.1 Å². The van der Waals surface area contributed by atoms with Crippen LogP contribution in [-0.4, -0.2) is 47.0 Å². The molecule has 1 aliphatic heterocycles. The van der Waals surface area contributed by atoms with Gasteiger partial charge in [-0.15, -0.1) is 0 Å². The summed E-state index contributed by atoms with van der Waals surface area (Å²) in [6, 6.07) is 3.35. The lowest BCUT2D eigenvalue weighted by atomic mass is 9.59. The van der Waals surface area contributed by atoms with Crippen molar-refractivity contribution in [3.05, 3.63) is 56.6 Å². The maximum atomic E-state index is 13.4. The molecule has 1 aromatic carbocycles. The molecule has 8 heteroatoms. The molecule has 1 N–H and O–H groups in total. The zero-order chi connectivity index (χ0) is 25.2. The van der Waals surface area contributed by atoms with Crippen LogP contribution in [0.15, 0.2) is 51.0 Å². The molecule has 1 fully saturated rings. The largest absolute Gasteiger partial charge is 0.504 e. The lowest BCUT2D eigenvalue weighted by Gasteiger charge is -2.42. The Morgan fingerprint density at radius 1 is 1.14 bits per heavy atom. The van der Waals surface area contributed by atoms with E-state index in [-0.39, 0.29) is 41.3 Å². The monoisotopic (exact) mass is 539 g/mol. The molecule has 0 bridgehead atoms. The fourth-order valence-electron chi connectivity index (χ4n) is 6.20. The van der Waals surface area contributed by atoms with Gasteiger partial charge in [-0.2, -0.15) is 0 Å². The van der Waals surface area contributed by atoms with E-state index in [1.807, 2.05) is 13.0 Å². The molecule has 182 valence electrons. The molecule has 0 unspecified atom stereocenters. The maximum Gasteiger partial charge on any atom is 0.233 e. The molecule has 4 atom stereocenters. The molecule has 0 spiro atoms. The molecule has 0 saturated carbocycles. The van der Waals surface area contributed by atoms with Crippen molar-refractivity contribution in [2.75, 3.05) is 13.7 Å². The lowest BCUT2D eigenvalue weighted by molar-refractivity contribution is -0.140. The van der Waals surface area contributed by atoms with Crippen LogP contribution in [0.25, 0.3) is 0 Å². The molecule has 4 aliphatic rings. The standard InChI is InChI=1S/C27H26BrNO6/c1-4-7-29-26(33)15-6-5-14-16(22(15)27(29)34)11-17-19(30)8-12(2)24(31)23(17)21(14)18-9-13(28)10-20(35-3)25(18)32/h5,8-10,15-16,21-22,32H,4,6-7,11H2,1-3H3/t15-,16+,21+,22-/m0/s1. The van der Waals surface area contributed by atoms with E-state index in [1.54, 1.807) is 19.1 Å². The van der Waals surface area contributed by atoms with Crippen molar-refractivity contribution in [1.29, 1.82) is 0 Å². The van der Waals surface area contributed by atoms with Crippen molar-refractivity contribution in [3.63, 3.8) is 0 Å². The van der Waals surface area contributed by atoms with Crippen LogP contribution in [0, 0.1) is 17.8 Å². The summed E-state index contributed by atoms with van der Waals surface area (Å²) in [5.41, 5.74) is 2.27. The number of rotatable bonds is 4. The quantitative estimate of drug-likeness (QED) is 0.352. The van der Waals surface area contributed by atoms with Crippen molar-refractivity contribution < 1.29 is 29.0 Å². The number of benzene rings is 1. The summed E-state index contributed by atoms with van der Waals surface area (Å²) >= 11 is 3.46. The van der Waals surface area contributed by atoms with Gasteiger partial charge in [0.15, 0.2) is 23.1 Å². The van der Waals surface area contributed by atoms with Gasteiger partial charge in [-0.1, -0.05) is 34.5 Å². The number of ketones is 2. The predicted molar refractivity (Wildman–Crippen MR) is 131 cm³/mol. The van der Waals surface area contributed by atoms with E-state index in [9.17, 15) is 24.3 Å². The van der Waals surface area contributed by atoms with E-state index >= 15 is 0 Å². The molecule has 1 saturated heterocycles. The summed E-state index contributed by atoms with van der Waals surface area (Å²) in [5.74, 6) is -2.96. The number of imide groups is 1. The van der Waals surface area contributed by atoms with E-state index in [1.165, 1.54) is 18.1 Å².